The number of hydrogen-bond acceptors (Lipinski definition) is 5. The second kappa shape index (κ2) is 6.08. The van der Waals surface area contributed by atoms with E-state index in [1.54, 1.807) is 19.2 Å². The Hall–Kier alpha value is -2.52. The summed E-state index contributed by atoms with van der Waals surface area (Å²) in [5, 5.41) is 9.25. The molecule has 0 aliphatic carbocycles. The molecule has 1 heterocycles. The number of H-pyrrole nitrogens is 1. The minimum atomic E-state index is -0.331. The number of fused-ring (bicyclic) bond motifs is 1. The number of methoxy groups -OCH3 is 2. The number of pyridine rings is 1. The summed E-state index contributed by atoms with van der Waals surface area (Å²) in [5.41, 5.74) is 0.238. The van der Waals surface area contributed by atoms with Gasteiger partial charge in [0.2, 0.25) is 5.43 Å². The normalized spacial score (nSPS) is 10.2. The van der Waals surface area contributed by atoms with Gasteiger partial charge in [0.05, 0.1) is 24.6 Å². The molecule has 2 aromatic rings. The van der Waals surface area contributed by atoms with E-state index in [4.69, 9.17) is 19.5 Å². The molecule has 0 aliphatic heterocycles. The first-order chi connectivity index (χ1) is 9.72. The van der Waals surface area contributed by atoms with Gasteiger partial charge in [0.15, 0.2) is 11.5 Å². The first kappa shape index (κ1) is 13.9. The summed E-state index contributed by atoms with van der Waals surface area (Å²) in [6.45, 7) is 0.823. The van der Waals surface area contributed by atoms with Crippen molar-refractivity contribution in [1.29, 1.82) is 5.26 Å². The van der Waals surface area contributed by atoms with Gasteiger partial charge in [0.1, 0.15) is 18.2 Å². The minimum Gasteiger partial charge on any atom is -0.491 e. The van der Waals surface area contributed by atoms with Crippen LogP contribution < -0.4 is 14.9 Å². The SMILES string of the molecule is COCCOc1ccc2c(=O)c(C#N)c[nH]c2c1OC. The van der Waals surface area contributed by atoms with Crippen molar-refractivity contribution in [3.8, 4) is 17.6 Å². The second-order valence-electron chi connectivity index (χ2n) is 4.00. The third-order valence-electron chi connectivity index (χ3n) is 2.84. The van der Waals surface area contributed by atoms with Gasteiger partial charge in [-0.25, -0.2) is 0 Å². The lowest BCUT2D eigenvalue weighted by molar-refractivity contribution is 0.144. The molecule has 0 fully saturated rings. The Kier molecular flexibility index (Phi) is 4.23. The van der Waals surface area contributed by atoms with Gasteiger partial charge in [-0.3, -0.25) is 4.79 Å². The lowest BCUT2D eigenvalue weighted by Crippen LogP contribution is -2.09. The molecule has 0 saturated carbocycles. The number of nitrogens with zero attached hydrogens (tertiary/aromatic N) is 1. The van der Waals surface area contributed by atoms with E-state index in [-0.39, 0.29) is 11.0 Å². The van der Waals surface area contributed by atoms with Crippen LogP contribution in [0.5, 0.6) is 11.5 Å². The molecule has 1 aromatic heterocycles. The maximum absolute atomic E-state index is 12.0. The molecule has 20 heavy (non-hydrogen) atoms. The predicted molar refractivity (Wildman–Crippen MR) is 73.2 cm³/mol. The largest absolute Gasteiger partial charge is 0.491 e. The van der Waals surface area contributed by atoms with Gasteiger partial charge in [-0.15, -0.1) is 0 Å². The third kappa shape index (κ3) is 2.44. The van der Waals surface area contributed by atoms with E-state index in [0.717, 1.165) is 0 Å². The second-order valence-corrected chi connectivity index (χ2v) is 4.00. The monoisotopic (exact) mass is 274 g/mol. The molecule has 0 spiro atoms. The van der Waals surface area contributed by atoms with Crippen LogP contribution in [0.15, 0.2) is 23.1 Å². The van der Waals surface area contributed by atoms with Crippen molar-refractivity contribution in [2.45, 2.75) is 0 Å². The average molecular weight is 274 g/mol. The highest BCUT2D eigenvalue weighted by Gasteiger charge is 2.13. The minimum absolute atomic E-state index is 0.0626. The van der Waals surface area contributed by atoms with Crippen LogP contribution in [0.4, 0.5) is 0 Å². The van der Waals surface area contributed by atoms with Crippen LogP contribution in [0.3, 0.4) is 0 Å². The molecular formula is C14H14N2O4. The molecule has 0 atom stereocenters. The molecule has 0 amide bonds. The zero-order valence-electron chi connectivity index (χ0n) is 11.2. The van der Waals surface area contributed by atoms with Crippen molar-refractivity contribution in [1.82, 2.24) is 4.98 Å². The molecule has 0 unspecified atom stereocenters. The molecule has 0 radical (unpaired) electrons. The van der Waals surface area contributed by atoms with Crippen LogP contribution in [0, 0.1) is 11.3 Å². The van der Waals surface area contributed by atoms with Gasteiger partial charge in [0, 0.05) is 13.3 Å². The Morgan fingerprint density at radius 1 is 1.30 bits per heavy atom. The summed E-state index contributed by atoms with van der Waals surface area (Å²) in [5.74, 6) is 0.942. The summed E-state index contributed by atoms with van der Waals surface area (Å²) in [7, 11) is 3.08. The average Bonchev–Trinajstić information content (AvgIpc) is 2.47. The van der Waals surface area contributed by atoms with E-state index in [9.17, 15) is 4.79 Å². The number of ether oxygens (including phenoxy) is 3. The molecule has 104 valence electrons. The van der Waals surface area contributed by atoms with E-state index in [0.29, 0.717) is 35.6 Å². The summed E-state index contributed by atoms with van der Waals surface area (Å²) in [6, 6.07) is 5.11. The van der Waals surface area contributed by atoms with Crippen LogP contribution in [0.25, 0.3) is 10.9 Å². The highest BCUT2D eigenvalue weighted by atomic mass is 16.5. The fourth-order valence-electron chi connectivity index (χ4n) is 1.89. The van der Waals surface area contributed by atoms with Gasteiger partial charge in [-0.2, -0.15) is 5.26 Å². The zero-order valence-corrected chi connectivity index (χ0v) is 11.2. The predicted octanol–water partition coefficient (Wildman–Crippen LogP) is 1.43. The number of aromatic nitrogens is 1. The molecule has 1 aromatic carbocycles. The lowest BCUT2D eigenvalue weighted by Gasteiger charge is -2.12. The zero-order chi connectivity index (χ0) is 14.5. The smallest absolute Gasteiger partial charge is 0.207 e. The molecule has 0 bridgehead atoms. The third-order valence-corrected chi connectivity index (χ3v) is 2.84. The quantitative estimate of drug-likeness (QED) is 0.834. The number of benzene rings is 1. The van der Waals surface area contributed by atoms with Gasteiger partial charge < -0.3 is 19.2 Å². The Bertz CT molecular complexity index is 715. The number of rotatable bonds is 5. The van der Waals surface area contributed by atoms with Crippen LogP contribution in [-0.2, 0) is 4.74 Å². The van der Waals surface area contributed by atoms with E-state index >= 15 is 0 Å². The molecule has 0 saturated heterocycles. The summed E-state index contributed by atoms with van der Waals surface area (Å²) in [6.07, 6.45) is 1.37. The number of nitrogens with one attached hydrogen (secondary N) is 1. The maximum atomic E-state index is 12.0. The van der Waals surface area contributed by atoms with Crippen LogP contribution >= 0.6 is 0 Å². The molecule has 2 rings (SSSR count). The van der Waals surface area contributed by atoms with Crippen molar-refractivity contribution in [2.75, 3.05) is 27.4 Å². The first-order valence-corrected chi connectivity index (χ1v) is 5.97. The molecule has 6 heteroatoms. The van der Waals surface area contributed by atoms with Gasteiger partial charge in [-0.1, -0.05) is 0 Å². The molecule has 6 nitrogen and oxygen atoms in total. The Balaban J connectivity index is 2.54. The Morgan fingerprint density at radius 3 is 2.75 bits per heavy atom. The summed E-state index contributed by atoms with van der Waals surface area (Å²) >= 11 is 0. The standard InChI is InChI=1S/C14H14N2O4/c1-18-5-6-20-11-4-3-10-12(14(11)19-2)16-8-9(7-15)13(10)17/h3-4,8H,5-6H2,1-2H3,(H,16,17). The van der Waals surface area contributed by atoms with Crippen molar-refractivity contribution in [2.24, 2.45) is 0 Å². The summed E-state index contributed by atoms with van der Waals surface area (Å²) < 4.78 is 15.7. The van der Waals surface area contributed by atoms with Crippen molar-refractivity contribution in [3.05, 3.63) is 34.1 Å². The Labute approximate surface area is 115 Å². The van der Waals surface area contributed by atoms with Gasteiger partial charge in [0.25, 0.3) is 0 Å². The Morgan fingerprint density at radius 2 is 2.10 bits per heavy atom. The van der Waals surface area contributed by atoms with Crippen molar-refractivity contribution in [3.63, 3.8) is 0 Å². The van der Waals surface area contributed by atoms with Crippen LogP contribution in [0.1, 0.15) is 5.56 Å². The summed E-state index contributed by atoms with van der Waals surface area (Å²) in [4.78, 5) is 14.9. The van der Waals surface area contributed by atoms with E-state index in [1.807, 2.05) is 6.07 Å². The number of hydrogen-bond donors (Lipinski definition) is 1. The van der Waals surface area contributed by atoms with E-state index < -0.39 is 0 Å². The van der Waals surface area contributed by atoms with Crippen LogP contribution in [0.2, 0.25) is 0 Å². The van der Waals surface area contributed by atoms with E-state index in [1.165, 1.54) is 13.3 Å². The van der Waals surface area contributed by atoms with Crippen LogP contribution in [-0.4, -0.2) is 32.4 Å². The molecular weight excluding hydrogens is 260 g/mol. The van der Waals surface area contributed by atoms with Crippen molar-refractivity contribution < 1.29 is 14.2 Å². The van der Waals surface area contributed by atoms with Gasteiger partial charge in [-0.05, 0) is 12.1 Å². The van der Waals surface area contributed by atoms with E-state index in [2.05, 4.69) is 4.98 Å². The maximum Gasteiger partial charge on any atom is 0.207 e. The molecule has 1 N–H and O–H groups in total. The molecule has 0 aliphatic rings. The highest BCUT2D eigenvalue weighted by molar-refractivity contribution is 5.87. The highest BCUT2D eigenvalue weighted by Crippen LogP contribution is 2.33. The van der Waals surface area contributed by atoms with Crippen molar-refractivity contribution >= 4 is 10.9 Å². The topological polar surface area (TPSA) is 84.3 Å². The number of nitriles is 1. The van der Waals surface area contributed by atoms with Gasteiger partial charge >= 0.3 is 0 Å². The fraction of sp³-hybridized carbons (Fsp3) is 0.286. The first-order valence-electron chi connectivity index (χ1n) is 5.97. The fourth-order valence-corrected chi connectivity index (χ4v) is 1.89. The number of aromatic amines is 1. The lowest BCUT2D eigenvalue weighted by atomic mass is 10.1.